The molecule has 21 heavy (non-hydrogen) atoms. The van der Waals surface area contributed by atoms with Crippen LogP contribution < -0.4 is 14.4 Å². The molecule has 4 atom stereocenters. The normalized spacial score (nSPS) is 36.4. The molecule has 1 aliphatic carbocycles. The lowest BCUT2D eigenvalue weighted by atomic mass is 9.69. The van der Waals surface area contributed by atoms with Gasteiger partial charge in [0.1, 0.15) is 12.6 Å². The Morgan fingerprint density at radius 3 is 3.10 bits per heavy atom. The van der Waals surface area contributed by atoms with Crippen LogP contribution in [0.5, 0.6) is 11.5 Å². The van der Waals surface area contributed by atoms with Gasteiger partial charge in [-0.05, 0) is 12.1 Å². The molecule has 0 aromatic heterocycles. The number of rotatable bonds is 1. The molecule has 0 saturated carbocycles. The molecular weight excluding hydrogens is 266 g/mol. The summed E-state index contributed by atoms with van der Waals surface area (Å²) < 4.78 is 11.8. The van der Waals surface area contributed by atoms with Gasteiger partial charge in [-0.25, -0.2) is 0 Å². The van der Waals surface area contributed by atoms with Gasteiger partial charge in [-0.15, -0.1) is 0 Å². The summed E-state index contributed by atoms with van der Waals surface area (Å²) in [4.78, 5) is 1.52. The molecule has 0 fully saturated rings. The number of methoxy groups -OCH3 is 1. The van der Waals surface area contributed by atoms with Crippen LogP contribution in [-0.2, 0) is 12.0 Å². The number of hydrogen-bond acceptors (Lipinski definition) is 3. The summed E-state index contributed by atoms with van der Waals surface area (Å²) in [5.74, 6) is 1.71. The van der Waals surface area contributed by atoms with Crippen molar-refractivity contribution in [1.82, 2.24) is 0 Å². The Morgan fingerprint density at radius 1 is 1.43 bits per heavy atom. The van der Waals surface area contributed by atoms with Gasteiger partial charge in [0.2, 0.25) is 0 Å². The average Bonchev–Trinajstić information content (AvgIpc) is 2.72. The Hall–Kier alpha value is -1.52. The maximum Gasteiger partial charge on any atom is 0.166 e. The van der Waals surface area contributed by atoms with E-state index >= 15 is 0 Å². The van der Waals surface area contributed by atoms with Crippen molar-refractivity contribution in [1.29, 1.82) is 0 Å². The first kappa shape index (κ1) is 13.2. The van der Waals surface area contributed by atoms with Gasteiger partial charge in [0.15, 0.2) is 11.5 Å². The van der Waals surface area contributed by atoms with Crippen molar-refractivity contribution in [3.8, 4) is 11.5 Å². The summed E-state index contributed by atoms with van der Waals surface area (Å²) in [6.07, 6.45) is 5.47. The van der Waals surface area contributed by atoms with Crippen molar-refractivity contribution in [2.75, 3.05) is 20.7 Å². The van der Waals surface area contributed by atoms with Crippen LogP contribution >= 0.6 is 0 Å². The van der Waals surface area contributed by atoms with Crippen molar-refractivity contribution < 1.29 is 19.5 Å². The number of aliphatic hydroxyl groups is 1. The summed E-state index contributed by atoms with van der Waals surface area (Å²) in [7, 11) is 3.93. The maximum absolute atomic E-state index is 9.98. The number of ether oxygens (including phenoxy) is 2. The lowest BCUT2D eigenvalue weighted by molar-refractivity contribution is -0.893. The number of nitrogens with one attached hydrogen (secondary N) is 1. The lowest BCUT2D eigenvalue weighted by Gasteiger charge is -2.35. The zero-order valence-corrected chi connectivity index (χ0v) is 12.6. The minimum atomic E-state index is -0.405. The molecule has 0 radical (unpaired) electrons. The first-order valence-corrected chi connectivity index (χ1v) is 7.70. The van der Waals surface area contributed by atoms with Crippen molar-refractivity contribution >= 4 is 0 Å². The minimum absolute atomic E-state index is 0.0217. The molecule has 1 spiro atoms. The van der Waals surface area contributed by atoms with Crippen molar-refractivity contribution in [2.45, 2.75) is 37.0 Å². The fourth-order valence-corrected chi connectivity index (χ4v) is 4.18. The predicted octanol–water partition coefficient (Wildman–Crippen LogP) is 0.433. The molecule has 112 valence electrons. The molecule has 1 unspecified atom stereocenters. The van der Waals surface area contributed by atoms with Crippen LogP contribution in [0.15, 0.2) is 24.3 Å². The number of benzene rings is 1. The van der Waals surface area contributed by atoms with Crippen LogP contribution in [0.2, 0.25) is 0 Å². The molecule has 1 aromatic carbocycles. The quantitative estimate of drug-likeness (QED) is 0.737. The Balaban J connectivity index is 1.95. The van der Waals surface area contributed by atoms with E-state index in [2.05, 4.69) is 19.2 Å². The van der Waals surface area contributed by atoms with Crippen LogP contribution in [0.25, 0.3) is 0 Å². The third-order valence-electron chi connectivity index (χ3n) is 5.26. The third-order valence-corrected chi connectivity index (χ3v) is 5.26. The van der Waals surface area contributed by atoms with Crippen LogP contribution in [-0.4, -0.2) is 38.0 Å². The first-order valence-electron chi connectivity index (χ1n) is 7.70. The lowest BCUT2D eigenvalue weighted by Crippen LogP contribution is -3.07. The van der Waals surface area contributed by atoms with Gasteiger partial charge in [-0.1, -0.05) is 12.2 Å². The molecule has 4 heteroatoms. The van der Waals surface area contributed by atoms with Gasteiger partial charge < -0.3 is 19.5 Å². The van der Waals surface area contributed by atoms with Crippen LogP contribution in [0, 0.1) is 0 Å². The number of aliphatic hydroxyl groups excluding tert-OH is 1. The van der Waals surface area contributed by atoms with Gasteiger partial charge in [0, 0.05) is 24.0 Å². The predicted molar refractivity (Wildman–Crippen MR) is 78.9 cm³/mol. The second-order valence-corrected chi connectivity index (χ2v) is 6.57. The zero-order chi connectivity index (χ0) is 14.6. The molecule has 2 heterocycles. The van der Waals surface area contributed by atoms with E-state index in [0.717, 1.165) is 31.0 Å². The average molecular weight is 288 g/mol. The molecule has 3 aliphatic rings. The van der Waals surface area contributed by atoms with Crippen LogP contribution in [0.4, 0.5) is 0 Å². The Morgan fingerprint density at radius 2 is 2.29 bits per heavy atom. The Kier molecular flexibility index (Phi) is 2.81. The Labute approximate surface area is 125 Å². The van der Waals surface area contributed by atoms with E-state index in [0.29, 0.717) is 6.42 Å². The summed E-state index contributed by atoms with van der Waals surface area (Å²) in [5, 5.41) is 9.98. The molecule has 0 amide bonds. The standard InChI is InChI=1S/C17H21NO3/c1-18-8-7-17-6-5-12(19)9-14(17)21-16-13(20-2)4-3-11(10-18)15(16)17/h3-6,12,14,19H,7-10H2,1-2H3/p+1/t12-,14+,17+/m1/s1. The van der Waals surface area contributed by atoms with Crippen molar-refractivity contribution in [3.63, 3.8) is 0 Å². The fourth-order valence-electron chi connectivity index (χ4n) is 4.18. The van der Waals surface area contributed by atoms with E-state index in [1.807, 2.05) is 12.1 Å². The fraction of sp³-hybridized carbons (Fsp3) is 0.529. The van der Waals surface area contributed by atoms with Crippen molar-refractivity contribution in [2.24, 2.45) is 0 Å². The highest BCUT2D eigenvalue weighted by atomic mass is 16.5. The molecule has 2 aliphatic heterocycles. The molecule has 4 nitrogen and oxygen atoms in total. The number of hydrogen-bond donors (Lipinski definition) is 2. The second kappa shape index (κ2) is 4.49. The monoisotopic (exact) mass is 288 g/mol. The van der Waals surface area contributed by atoms with Crippen molar-refractivity contribution in [3.05, 3.63) is 35.4 Å². The maximum atomic E-state index is 9.98. The molecule has 1 aromatic rings. The highest BCUT2D eigenvalue weighted by Gasteiger charge is 2.53. The van der Waals surface area contributed by atoms with Crippen LogP contribution in [0.1, 0.15) is 24.0 Å². The Bertz CT molecular complexity index is 612. The second-order valence-electron chi connectivity index (χ2n) is 6.57. The van der Waals surface area contributed by atoms with Gasteiger partial charge in [0.05, 0.1) is 32.2 Å². The van der Waals surface area contributed by atoms with E-state index in [1.54, 1.807) is 7.11 Å². The highest BCUT2D eigenvalue weighted by Crippen LogP contribution is 2.54. The molecule has 0 bridgehead atoms. The van der Waals surface area contributed by atoms with Crippen LogP contribution in [0.3, 0.4) is 0 Å². The van der Waals surface area contributed by atoms with E-state index < -0.39 is 6.10 Å². The number of quaternary nitrogens is 1. The molecule has 2 N–H and O–H groups in total. The summed E-state index contributed by atoms with van der Waals surface area (Å²) >= 11 is 0. The highest BCUT2D eigenvalue weighted by molar-refractivity contribution is 5.60. The van der Waals surface area contributed by atoms with E-state index in [4.69, 9.17) is 9.47 Å². The van der Waals surface area contributed by atoms with E-state index in [9.17, 15) is 5.11 Å². The SMILES string of the molecule is COc1ccc2c3c1O[C@H]1C[C@H](O)C=C[C@@]31CC[NH+](C)C2. The topological polar surface area (TPSA) is 43.1 Å². The van der Waals surface area contributed by atoms with E-state index in [-0.39, 0.29) is 11.5 Å². The van der Waals surface area contributed by atoms with E-state index in [1.165, 1.54) is 16.0 Å². The zero-order valence-electron chi connectivity index (χ0n) is 12.6. The van der Waals surface area contributed by atoms with Gasteiger partial charge in [-0.2, -0.15) is 0 Å². The van der Waals surface area contributed by atoms with Gasteiger partial charge >= 0.3 is 0 Å². The smallest absolute Gasteiger partial charge is 0.166 e. The van der Waals surface area contributed by atoms with Gasteiger partial charge in [0.25, 0.3) is 0 Å². The van der Waals surface area contributed by atoms with Gasteiger partial charge in [-0.3, -0.25) is 0 Å². The molecular formula is C17H22NO3+. The molecule has 0 saturated heterocycles. The summed E-state index contributed by atoms with van der Waals surface area (Å²) in [6.45, 7) is 2.12. The minimum Gasteiger partial charge on any atom is -0.493 e. The molecule has 4 rings (SSSR count). The summed E-state index contributed by atoms with van der Waals surface area (Å²) in [5.41, 5.74) is 2.56. The third kappa shape index (κ3) is 1.75. The summed E-state index contributed by atoms with van der Waals surface area (Å²) in [6, 6.07) is 4.19. The first-order chi connectivity index (χ1) is 10.1. The largest absolute Gasteiger partial charge is 0.493 e.